The summed E-state index contributed by atoms with van der Waals surface area (Å²) in [6, 6.07) is 3.79. The van der Waals surface area contributed by atoms with Gasteiger partial charge in [0.25, 0.3) is 5.91 Å². The van der Waals surface area contributed by atoms with Crippen LogP contribution in [0.15, 0.2) is 33.5 Å². The van der Waals surface area contributed by atoms with Crippen LogP contribution in [0.2, 0.25) is 0 Å². The largest absolute Gasteiger partial charge is 0.508 e. The number of hydrogen-bond acceptors (Lipinski definition) is 9. The molecule has 0 radical (unpaired) electrons. The van der Waals surface area contributed by atoms with E-state index in [1.807, 2.05) is 0 Å². The number of nitrogens with one attached hydrogen (secondary N) is 1. The highest BCUT2D eigenvalue weighted by Gasteiger charge is 2.44. The van der Waals surface area contributed by atoms with Crippen molar-refractivity contribution in [2.24, 2.45) is 0 Å². The van der Waals surface area contributed by atoms with E-state index in [4.69, 9.17) is 14.3 Å². The lowest BCUT2D eigenvalue weighted by atomic mass is 9.97. The van der Waals surface area contributed by atoms with Crippen LogP contribution in [0.1, 0.15) is 10.4 Å². The van der Waals surface area contributed by atoms with Crippen molar-refractivity contribution in [2.45, 2.75) is 30.6 Å². The number of rotatable bonds is 3. The number of carbonyl (C=O) groups is 1. The van der Waals surface area contributed by atoms with Gasteiger partial charge in [-0.25, -0.2) is 4.79 Å². The van der Waals surface area contributed by atoms with Gasteiger partial charge in [0.2, 0.25) is 0 Å². The van der Waals surface area contributed by atoms with Crippen LogP contribution < -0.4 is 10.9 Å². The molecule has 1 aromatic carbocycles. The molecule has 1 aliphatic heterocycles. The smallest absolute Gasteiger partial charge is 0.349 e. The highest BCUT2D eigenvalue weighted by atomic mass is 16.6. The normalized spacial score (nSPS) is 28.8. The van der Waals surface area contributed by atoms with Gasteiger partial charge in [-0.2, -0.15) is 0 Å². The number of fused-ring (bicyclic) bond motifs is 1. The number of amides is 1. The average molecular weight is 367 g/mol. The van der Waals surface area contributed by atoms with Crippen LogP contribution in [0.4, 0.5) is 0 Å². The summed E-state index contributed by atoms with van der Waals surface area (Å²) >= 11 is 0. The average Bonchev–Trinajstić information content (AvgIpc) is 2.60. The Kier molecular flexibility index (Phi) is 4.94. The molecule has 3 unspecified atom stereocenters. The third-order valence-electron chi connectivity index (χ3n) is 4.16. The van der Waals surface area contributed by atoms with Gasteiger partial charge < -0.3 is 40.0 Å². The summed E-state index contributed by atoms with van der Waals surface area (Å²) < 4.78 is 9.91. The zero-order chi connectivity index (χ0) is 19.0. The van der Waals surface area contributed by atoms with Gasteiger partial charge in [-0.15, -0.1) is 0 Å². The summed E-state index contributed by atoms with van der Waals surface area (Å²) in [5, 5.41) is 50.7. The van der Waals surface area contributed by atoms with Gasteiger partial charge in [0.05, 0.1) is 6.61 Å². The molecule has 0 saturated carbocycles. The molecule has 1 fully saturated rings. The molecule has 1 aliphatic rings. The lowest BCUT2D eigenvalue weighted by Crippen LogP contribution is -2.64. The van der Waals surface area contributed by atoms with Crippen molar-refractivity contribution in [3.05, 3.63) is 40.2 Å². The predicted octanol–water partition coefficient (Wildman–Crippen LogP) is -1.97. The molecule has 1 saturated heterocycles. The second-order valence-corrected chi connectivity index (χ2v) is 5.90. The Morgan fingerprint density at radius 3 is 2.58 bits per heavy atom. The molecule has 3 rings (SSSR count). The SMILES string of the molecule is O=C(N[C@@H]1C(O)OC(CO)[C@@H](O)C1O)c1cc2ccc(O)cc2oc1=O. The summed E-state index contributed by atoms with van der Waals surface area (Å²) in [6.07, 6.45) is -6.11. The number of hydrogen-bond donors (Lipinski definition) is 6. The first-order chi connectivity index (χ1) is 12.3. The number of benzene rings is 1. The highest BCUT2D eigenvalue weighted by Crippen LogP contribution is 2.21. The molecule has 1 amide bonds. The van der Waals surface area contributed by atoms with Crippen LogP contribution >= 0.6 is 0 Å². The zero-order valence-corrected chi connectivity index (χ0v) is 13.3. The first kappa shape index (κ1) is 18.3. The minimum atomic E-state index is -1.71. The Morgan fingerprint density at radius 1 is 1.15 bits per heavy atom. The van der Waals surface area contributed by atoms with Crippen LogP contribution in [0, 0.1) is 0 Å². The molecular formula is C16H17NO9. The van der Waals surface area contributed by atoms with E-state index >= 15 is 0 Å². The van der Waals surface area contributed by atoms with Crippen LogP contribution in [-0.2, 0) is 4.74 Å². The Bertz CT molecular complexity index is 880. The van der Waals surface area contributed by atoms with E-state index in [0.29, 0.717) is 5.39 Å². The van der Waals surface area contributed by atoms with Crippen LogP contribution in [0.25, 0.3) is 11.0 Å². The predicted molar refractivity (Wildman–Crippen MR) is 85.4 cm³/mol. The van der Waals surface area contributed by atoms with E-state index in [1.54, 1.807) is 0 Å². The summed E-state index contributed by atoms with van der Waals surface area (Å²) in [4.78, 5) is 24.4. The Balaban J connectivity index is 1.86. The maximum Gasteiger partial charge on any atom is 0.349 e. The van der Waals surface area contributed by atoms with Gasteiger partial charge in [0.15, 0.2) is 6.29 Å². The van der Waals surface area contributed by atoms with Gasteiger partial charge >= 0.3 is 5.63 Å². The number of phenolic OH excluding ortho intramolecular Hbond substituents is 1. The van der Waals surface area contributed by atoms with E-state index in [1.165, 1.54) is 24.3 Å². The lowest BCUT2D eigenvalue weighted by molar-refractivity contribution is -0.252. The van der Waals surface area contributed by atoms with Crippen molar-refractivity contribution >= 4 is 16.9 Å². The first-order valence-electron chi connectivity index (χ1n) is 7.70. The second kappa shape index (κ2) is 7.02. The zero-order valence-electron chi connectivity index (χ0n) is 13.3. The van der Waals surface area contributed by atoms with Gasteiger partial charge in [-0.3, -0.25) is 4.79 Å². The van der Waals surface area contributed by atoms with Gasteiger partial charge in [-0.1, -0.05) is 0 Å². The quantitative estimate of drug-likeness (QED) is 0.337. The number of aliphatic hydroxyl groups excluding tert-OH is 4. The molecular weight excluding hydrogens is 350 g/mol. The van der Waals surface area contributed by atoms with Crippen LogP contribution in [0.5, 0.6) is 5.75 Å². The monoisotopic (exact) mass is 367 g/mol. The van der Waals surface area contributed by atoms with Crippen molar-refractivity contribution in [1.82, 2.24) is 5.32 Å². The number of aromatic hydroxyl groups is 1. The van der Waals surface area contributed by atoms with Crippen molar-refractivity contribution in [1.29, 1.82) is 0 Å². The maximum absolute atomic E-state index is 12.4. The maximum atomic E-state index is 12.4. The van der Waals surface area contributed by atoms with Crippen LogP contribution in [-0.4, -0.2) is 68.7 Å². The van der Waals surface area contributed by atoms with Gasteiger partial charge in [-0.05, 0) is 18.2 Å². The molecule has 2 aromatic rings. The lowest BCUT2D eigenvalue weighted by Gasteiger charge is -2.40. The fraction of sp³-hybridized carbons (Fsp3) is 0.375. The minimum Gasteiger partial charge on any atom is -0.508 e. The van der Waals surface area contributed by atoms with E-state index in [0.717, 1.165) is 0 Å². The fourth-order valence-corrected chi connectivity index (χ4v) is 2.74. The number of ether oxygens (including phenoxy) is 1. The highest BCUT2D eigenvalue weighted by molar-refractivity contribution is 5.97. The van der Waals surface area contributed by atoms with Crippen LogP contribution in [0.3, 0.4) is 0 Å². The Hall–Kier alpha value is -2.50. The summed E-state index contributed by atoms with van der Waals surface area (Å²) in [7, 11) is 0. The molecule has 6 N–H and O–H groups in total. The van der Waals surface area contributed by atoms with E-state index < -0.39 is 54.3 Å². The van der Waals surface area contributed by atoms with Gasteiger partial charge in [0, 0.05) is 11.5 Å². The molecule has 0 bridgehead atoms. The minimum absolute atomic E-state index is 0.0776. The topological polar surface area (TPSA) is 170 Å². The third kappa shape index (κ3) is 3.28. The summed E-state index contributed by atoms with van der Waals surface area (Å²) in [5.41, 5.74) is -1.31. The molecule has 0 aliphatic carbocycles. The molecule has 26 heavy (non-hydrogen) atoms. The Morgan fingerprint density at radius 2 is 1.88 bits per heavy atom. The van der Waals surface area contributed by atoms with Crippen molar-refractivity contribution in [3.63, 3.8) is 0 Å². The van der Waals surface area contributed by atoms with Crippen molar-refractivity contribution in [3.8, 4) is 5.75 Å². The van der Waals surface area contributed by atoms with Gasteiger partial charge in [0.1, 0.15) is 41.2 Å². The molecule has 140 valence electrons. The number of carbonyl (C=O) groups excluding carboxylic acids is 1. The van der Waals surface area contributed by atoms with E-state index in [-0.39, 0.29) is 11.3 Å². The van der Waals surface area contributed by atoms with Crippen molar-refractivity contribution < 1.29 is 39.5 Å². The molecule has 5 atom stereocenters. The molecule has 10 heteroatoms. The fourth-order valence-electron chi connectivity index (χ4n) is 2.74. The molecule has 2 heterocycles. The summed E-state index contributed by atoms with van der Waals surface area (Å²) in [6.45, 7) is -0.642. The molecule has 1 aromatic heterocycles. The third-order valence-corrected chi connectivity index (χ3v) is 4.16. The van der Waals surface area contributed by atoms with Crippen molar-refractivity contribution in [2.75, 3.05) is 6.61 Å². The number of aliphatic hydroxyl groups is 4. The molecule has 10 nitrogen and oxygen atoms in total. The molecule has 0 spiro atoms. The number of phenols is 1. The second-order valence-electron chi connectivity index (χ2n) is 5.90. The first-order valence-corrected chi connectivity index (χ1v) is 7.70. The summed E-state index contributed by atoms with van der Waals surface area (Å²) in [5.74, 6) is -1.08. The Labute approximate surface area is 145 Å². The standard InChI is InChI=1S/C16H17NO9/c18-5-10-12(20)13(21)11(16(24)26-10)17-14(22)8-3-6-1-2-7(19)4-9(6)25-15(8)23/h1-4,10-13,16,18-21,24H,5H2,(H,17,22)/t10?,11-,12+,13?,16?/m0/s1. The van der Waals surface area contributed by atoms with E-state index in [9.17, 15) is 30.0 Å². The van der Waals surface area contributed by atoms with E-state index in [2.05, 4.69) is 5.32 Å².